The number of benzene rings is 2. The molecule has 3 rings (SSSR count). The lowest BCUT2D eigenvalue weighted by Crippen LogP contribution is -2.14. The molecule has 0 fully saturated rings. The SMILES string of the molecule is N/C(=N/OCc1ccc(F)c(Br)c1)c1cccc(OCc2cccnc2)c1. The lowest BCUT2D eigenvalue weighted by molar-refractivity contribution is 0.130. The largest absolute Gasteiger partial charge is 0.489 e. The standard InChI is InChI=1S/C20H17BrFN3O2/c21-18-9-14(6-7-19(18)22)13-27-25-20(23)16-4-1-5-17(10-16)26-12-15-3-2-8-24-11-15/h1-11H,12-13H2,(H2,23,25). The highest BCUT2D eigenvalue weighted by molar-refractivity contribution is 9.10. The first-order valence-corrected chi connectivity index (χ1v) is 8.92. The highest BCUT2D eigenvalue weighted by atomic mass is 79.9. The minimum atomic E-state index is -0.329. The van der Waals surface area contributed by atoms with Crippen LogP contribution in [0.3, 0.4) is 0 Å². The smallest absolute Gasteiger partial charge is 0.170 e. The van der Waals surface area contributed by atoms with Crippen molar-refractivity contribution < 1.29 is 14.0 Å². The Morgan fingerprint density at radius 2 is 1.96 bits per heavy atom. The van der Waals surface area contributed by atoms with Gasteiger partial charge in [0.2, 0.25) is 0 Å². The second-order valence-electron chi connectivity index (χ2n) is 5.68. The van der Waals surface area contributed by atoms with Crippen molar-refractivity contribution in [1.82, 2.24) is 4.98 Å². The molecular weight excluding hydrogens is 413 g/mol. The highest BCUT2D eigenvalue weighted by Crippen LogP contribution is 2.18. The van der Waals surface area contributed by atoms with Crippen LogP contribution in [0, 0.1) is 5.82 Å². The summed E-state index contributed by atoms with van der Waals surface area (Å²) in [6, 6.07) is 15.7. The van der Waals surface area contributed by atoms with Gasteiger partial charge in [-0.1, -0.05) is 29.4 Å². The Labute approximate surface area is 164 Å². The number of oxime groups is 1. The Kier molecular flexibility index (Phi) is 6.38. The number of rotatable bonds is 7. The van der Waals surface area contributed by atoms with Gasteiger partial charge >= 0.3 is 0 Å². The molecule has 0 aliphatic heterocycles. The number of nitrogens with two attached hydrogens (primary N) is 1. The van der Waals surface area contributed by atoms with Gasteiger partial charge in [0.15, 0.2) is 5.84 Å². The summed E-state index contributed by atoms with van der Waals surface area (Å²) < 4.78 is 19.4. The molecule has 0 amide bonds. The van der Waals surface area contributed by atoms with Crippen LogP contribution >= 0.6 is 15.9 Å². The van der Waals surface area contributed by atoms with Crippen molar-refractivity contribution >= 4 is 21.8 Å². The highest BCUT2D eigenvalue weighted by Gasteiger charge is 2.04. The summed E-state index contributed by atoms with van der Waals surface area (Å²) >= 11 is 3.13. The van der Waals surface area contributed by atoms with Gasteiger partial charge in [-0.25, -0.2) is 4.39 Å². The van der Waals surface area contributed by atoms with Gasteiger partial charge in [0.05, 0.1) is 4.47 Å². The van der Waals surface area contributed by atoms with Crippen LogP contribution in [0.2, 0.25) is 0 Å². The van der Waals surface area contributed by atoms with Gasteiger partial charge in [0.1, 0.15) is 24.8 Å². The molecule has 0 unspecified atom stereocenters. The summed E-state index contributed by atoms with van der Waals surface area (Å²) in [5.41, 5.74) is 8.40. The molecule has 0 spiro atoms. The van der Waals surface area contributed by atoms with Gasteiger partial charge in [0.25, 0.3) is 0 Å². The van der Waals surface area contributed by atoms with E-state index >= 15 is 0 Å². The summed E-state index contributed by atoms with van der Waals surface area (Å²) in [5, 5.41) is 3.92. The normalized spacial score (nSPS) is 11.3. The Hall–Kier alpha value is -2.93. The van der Waals surface area contributed by atoms with Crippen molar-refractivity contribution in [3.8, 4) is 5.75 Å². The van der Waals surface area contributed by atoms with E-state index in [1.807, 2.05) is 30.3 Å². The van der Waals surface area contributed by atoms with Gasteiger partial charge in [-0.15, -0.1) is 0 Å². The average molecular weight is 430 g/mol. The molecule has 0 radical (unpaired) electrons. The fourth-order valence-electron chi connectivity index (χ4n) is 2.25. The Morgan fingerprint density at radius 3 is 2.74 bits per heavy atom. The molecule has 7 heteroatoms. The molecule has 1 aromatic heterocycles. The van der Waals surface area contributed by atoms with Gasteiger partial charge in [0, 0.05) is 23.5 Å². The van der Waals surface area contributed by atoms with Crippen LogP contribution in [0.1, 0.15) is 16.7 Å². The lowest BCUT2D eigenvalue weighted by Gasteiger charge is -2.08. The van der Waals surface area contributed by atoms with E-state index in [1.54, 1.807) is 30.6 Å². The fraction of sp³-hybridized carbons (Fsp3) is 0.100. The first-order valence-electron chi connectivity index (χ1n) is 8.13. The van der Waals surface area contributed by atoms with E-state index in [2.05, 4.69) is 26.1 Å². The van der Waals surface area contributed by atoms with Crippen LogP contribution in [0.5, 0.6) is 5.75 Å². The molecule has 3 aromatic rings. The van der Waals surface area contributed by atoms with Gasteiger partial charge in [-0.2, -0.15) is 0 Å². The van der Waals surface area contributed by atoms with Crippen LogP contribution in [-0.4, -0.2) is 10.8 Å². The maximum Gasteiger partial charge on any atom is 0.170 e. The lowest BCUT2D eigenvalue weighted by atomic mass is 10.2. The van der Waals surface area contributed by atoms with Gasteiger partial charge in [-0.3, -0.25) is 4.98 Å². The number of aromatic nitrogens is 1. The van der Waals surface area contributed by atoms with E-state index in [4.69, 9.17) is 15.3 Å². The molecule has 2 aromatic carbocycles. The van der Waals surface area contributed by atoms with Crippen molar-refractivity contribution in [3.63, 3.8) is 0 Å². The number of hydrogen-bond donors (Lipinski definition) is 1. The number of pyridine rings is 1. The average Bonchev–Trinajstić information content (AvgIpc) is 2.70. The number of halogens is 2. The van der Waals surface area contributed by atoms with Crippen molar-refractivity contribution in [2.45, 2.75) is 13.2 Å². The van der Waals surface area contributed by atoms with Gasteiger partial charge < -0.3 is 15.3 Å². The molecule has 27 heavy (non-hydrogen) atoms. The molecule has 0 aliphatic rings. The third kappa shape index (κ3) is 5.52. The molecule has 0 aliphatic carbocycles. The Balaban J connectivity index is 1.59. The van der Waals surface area contributed by atoms with E-state index in [0.29, 0.717) is 22.4 Å². The molecule has 0 bridgehead atoms. The monoisotopic (exact) mass is 429 g/mol. The van der Waals surface area contributed by atoms with Gasteiger partial charge in [-0.05, 0) is 51.8 Å². The first kappa shape index (κ1) is 18.8. The topological polar surface area (TPSA) is 69.7 Å². The van der Waals surface area contributed by atoms with E-state index in [9.17, 15) is 4.39 Å². The van der Waals surface area contributed by atoms with E-state index in [-0.39, 0.29) is 18.3 Å². The predicted octanol–water partition coefficient (Wildman–Crippen LogP) is 4.40. The molecule has 2 N–H and O–H groups in total. The van der Waals surface area contributed by atoms with Crippen molar-refractivity contribution in [2.24, 2.45) is 10.9 Å². The number of hydrogen-bond acceptors (Lipinski definition) is 4. The number of nitrogens with zero attached hydrogens (tertiary/aromatic N) is 2. The zero-order chi connectivity index (χ0) is 19.1. The molecule has 0 saturated carbocycles. The molecule has 0 saturated heterocycles. The van der Waals surface area contributed by atoms with Crippen LogP contribution in [0.25, 0.3) is 0 Å². The molecular formula is C20H17BrFN3O2. The summed E-state index contributed by atoms with van der Waals surface area (Å²) in [6.45, 7) is 0.584. The Morgan fingerprint density at radius 1 is 1.07 bits per heavy atom. The zero-order valence-corrected chi connectivity index (χ0v) is 15.9. The fourth-order valence-corrected chi connectivity index (χ4v) is 2.68. The first-order chi connectivity index (χ1) is 13.1. The minimum absolute atomic E-state index is 0.177. The van der Waals surface area contributed by atoms with E-state index in [1.165, 1.54) is 6.07 Å². The van der Waals surface area contributed by atoms with Crippen molar-refractivity contribution in [3.05, 3.63) is 94.0 Å². The van der Waals surface area contributed by atoms with Crippen LogP contribution in [-0.2, 0) is 18.1 Å². The van der Waals surface area contributed by atoms with E-state index in [0.717, 1.165) is 11.1 Å². The quantitative estimate of drug-likeness (QED) is 0.343. The third-order valence-corrected chi connectivity index (χ3v) is 4.24. The summed E-state index contributed by atoms with van der Waals surface area (Å²) in [7, 11) is 0. The van der Waals surface area contributed by atoms with E-state index < -0.39 is 0 Å². The van der Waals surface area contributed by atoms with Crippen molar-refractivity contribution in [1.29, 1.82) is 0 Å². The number of ether oxygens (including phenoxy) is 1. The summed E-state index contributed by atoms with van der Waals surface area (Å²) in [6.07, 6.45) is 3.47. The second-order valence-corrected chi connectivity index (χ2v) is 6.53. The maximum absolute atomic E-state index is 13.2. The Bertz CT molecular complexity index is 936. The molecule has 5 nitrogen and oxygen atoms in total. The third-order valence-electron chi connectivity index (χ3n) is 3.64. The summed E-state index contributed by atoms with van der Waals surface area (Å²) in [5.74, 6) is 0.560. The number of amidine groups is 1. The maximum atomic E-state index is 13.2. The second kappa shape index (κ2) is 9.14. The van der Waals surface area contributed by atoms with Crippen molar-refractivity contribution in [2.75, 3.05) is 0 Å². The van der Waals surface area contributed by atoms with Crippen LogP contribution in [0.15, 0.2) is 76.6 Å². The molecule has 138 valence electrons. The zero-order valence-electron chi connectivity index (χ0n) is 14.3. The molecule has 1 heterocycles. The minimum Gasteiger partial charge on any atom is -0.489 e. The van der Waals surface area contributed by atoms with Crippen LogP contribution < -0.4 is 10.5 Å². The molecule has 0 atom stereocenters. The summed E-state index contributed by atoms with van der Waals surface area (Å²) in [4.78, 5) is 9.32. The predicted molar refractivity (Wildman–Crippen MR) is 105 cm³/mol. The van der Waals surface area contributed by atoms with Crippen LogP contribution in [0.4, 0.5) is 4.39 Å².